The van der Waals surface area contributed by atoms with E-state index in [-0.39, 0.29) is 6.04 Å². The van der Waals surface area contributed by atoms with E-state index in [1.165, 1.54) is 23.1 Å². The Bertz CT molecular complexity index is 490. The van der Waals surface area contributed by atoms with Crippen molar-refractivity contribution in [3.05, 3.63) is 71.3 Å². The van der Waals surface area contributed by atoms with Crippen molar-refractivity contribution in [2.75, 3.05) is 0 Å². The predicted molar refractivity (Wildman–Crippen MR) is 82.1 cm³/mol. The maximum Gasteiger partial charge on any atom is 0.0298 e. The number of rotatable bonds is 6. The van der Waals surface area contributed by atoms with Gasteiger partial charge in [-0.3, -0.25) is 0 Å². The summed E-state index contributed by atoms with van der Waals surface area (Å²) in [7, 11) is 0. The molecule has 1 nitrogen and oxygen atoms in total. The first-order chi connectivity index (χ1) is 9.29. The van der Waals surface area contributed by atoms with Crippen molar-refractivity contribution in [3.63, 3.8) is 0 Å². The monoisotopic (exact) mass is 253 g/mol. The number of benzene rings is 2. The van der Waals surface area contributed by atoms with E-state index in [2.05, 4.69) is 61.5 Å². The fraction of sp³-hybridized carbons (Fsp3) is 0.333. The van der Waals surface area contributed by atoms with Gasteiger partial charge in [-0.25, -0.2) is 0 Å². The van der Waals surface area contributed by atoms with E-state index in [0.717, 1.165) is 19.3 Å². The molecule has 0 heterocycles. The quantitative estimate of drug-likeness (QED) is 0.817. The standard InChI is InChI=1S/C18H23N/c1-2-7-16-10-6-11-17(14-16)18(19)13-12-15-8-4-3-5-9-15/h3-6,8-11,14,18H,2,7,12-13,19H2,1H3. The normalized spacial score (nSPS) is 12.3. The summed E-state index contributed by atoms with van der Waals surface area (Å²) in [4.78, 5) is 0. The molecule has 0 radical (unpaired) electrons. The highest BCUT2D eigenvalue weighted by Gasteiger charge is 2.06. The summed E-state index contributed by atoms with van der Waals surface area (Å²) in [5.41, 5.74) is 10.3. The molecule has 0 saturated carbocycles. The topological polar surface area (TPSA) is 26.0 Å². The molecule has 0 bridgehead atoms. The van der Waals surface area contributed by atoms with Gasteiger partial charge in [-0.2, -0.15) is 0 Å². The minimum absolute atomic E-state index is 0.136. The van der Waals surface area contributed by atoms with Gasteiger partial charge in [-0.05, 0) is 36.0 Å². The van der Waals surface area contributed by atoms with Gasteiger partial charge in [-0.1, -0.05) is 67.9 Å². The van der Waals surface area contributed by atoms with E-state index < -0.39 is 0 Å². The van der Waals surface area contributed by atoms with E-state index in [4.69, 9.17) is 5.73 Å². The van der Waals surface area contributed by atoms with Gasteiger partial charge in [0.05, 0.1) is 0 Å². The van der Waals surface area contributed by atoms with Crippen LogP contribution < -0.4 is 5.73 Å². The molecule has 2 N–H and O–H groups in total. The Kier molecular flexibility index (Phi) is 5.17. The van der Waals surface area contributed by atoms with E-state index in [1.807, 2.05) is 0 Å². The van der Waals surface area contributed by atoms with Crippen molar-refractivity contribution in [2.24, 2.45) is 5.73 Å². The molecule has 1 heteroatoms. The highest BCUT2D eigenvalue weighted by molar-refractivity contribution is 5.26. The molecule has 0 aliphatic heterocycles. The van der Waals surface area contributed by atoms with Crippen LogP contribution in [0, 0.1) is 0 Å². The molecule has 0 aromatic heterocycles. The van der Waals surface area contributed by atoms with Crippen LogP contribution in [0.15, 0.2) is 54.6 Å². The maximum absolute atomic E-state index is 6.31. The van der Waals surface area contributed by atoms with Crippen LogP contribution in [0.3, 0.4) is 0 Å². The Hall–Kier alpha value is -1.60. The third kappa shape index (κ3) is 4.22. The van der Waals surface area contributed by atoms with E-state index in [1.54, 1.807) is 0 Å². The molecule has 19 heavy (non-hydrogen) atoms. The van der Waals surface area contributed by atoms with Crippen molar-refractivity contribution >= 4 is 0 Å². The van der Waals surface area contributed by atoms with Crippen LogP contribution >= 0.6 is 0 Å². The largest absolute Gasteiger partial charge is 0.324 e. The summed E-state index contributed by atoms with van der Waals surface area (Å²) < 4.78 is 0. The molecular formula is C18H23N. The molecule has 0 aliphatic carbocycles. The van der Waals surface area contributed by atoms with Crippen LogP contribution in [-0.4, -0.2) is 0 Å². The first-order valence-corrected chi connectivity index (χ1v) is 7.18. The Morgan fingerprint density at radius 1 is 0.895 bits per heavy atom. The van der Waals surface area contributed by atoms with Gasteiger partial charge >= 0.3 is 0 Å². The first-order valence-electron chi connectivity index (χ1n) is 7.18. The zero-order chi connectivity index (χ0) is 13.5. The van der Waals surface area contributed by atoms with Gasteiger partial charge in [-0.15, -0.1) is 0 Å². The Balaban J connectivity index is 1.95. The van der Waals surface area contributed by atoms with Crippen molar-refractivity contribution < 1.29 is 0 Å². The maximum atomic E-state index is 6.31. The number of hydrogen-bond acceptors (Lipinski definition) is 1. The van der Waals surface area contributed by atoms with Crippen molar-refractivity contribution in [2.45, 2.75) is 38.6 Å². The average Bonchev–Trinajstić information content (AvgIpc) is 2.46. The molecule has 1 atom stereocenters. The summed E-state index contributed by atoms with van der Waals surface area (Å²) in [5, 5.41) is 0. The average molecular weight is 253 g/mol. The Morgan fingerprint density at radius 2 is 1.63 bits per heavy atom. The molecule has 2 aromatic rings. The van der Waals surface area contributed by atoms with Gasteiger partial charge in [0.1, 0.15) is 0 Å². The zero-order valence-corrected chi connectivity index (χ0v) is 11.7. The molecule has 0 saturated heterocycles. The molecule has 0 amide bonds. The molecule has 100 valence electrons. The second kappa shape index (κ2) is 7.10. The Labute approximate surface area is 116 Å². The van der Waals surface area contributed by atoms with Gasteiger partial charge in [0, 0.05) is 6.04 Å². The molecular weight excluding hydrogens is 230 g/mol. The highest BCUT2D eigenvalue weighted by Crippen LogP contribution is 2.18. The molecule has 2 rings (SSSR count). The number of aryl methyl sites for hydroxylation is 2. The number of hydrogen-bond donors (Lipinski definition) is 1. The third-order valence-corrected chi connectivity index (χ3v) is 3.50. The smallest absolute Gasteiger partial charge is 0.0298 e. The van der Waals surface area contributed by atoms with Crippen LogP contribution in [0.2, 0.25) is 0 Å². The molecule has 0 aliphatic rings. The van der Waals surface area contributed by atoms with Crippen LogP contribution in [-0.2, 0) is 12.8 Å². The van der Waals surface area contributed by atoms with Crippen LogP contribution in [0.25, 0.3) is 0 Å². The van der Waals surface area contributed by atoms with E-state index >= 15 is 0 Å². The summed E-state index contributed by atoms with van der Waals surface area (Å²) in [6.45, 7) is 2.21. The Morgan fingerprint density at radius 3 is 2.37 bits per heavy atom. The molecule has 0 spiro atoms. The van der Waals surface area contributed by atoms with Crippen molar-refractivity contribution in [3.8, 4) is 0 Å². The van der Waals surface area contributed by atoms with E-state index in [0.29, 0.717) is 0 Å². The third-order valence-electron chi connectivity index (χ3n) is 3.50. The summed E-state index contributed by atoms with van der Waals surface area (Å²) in [6.07, 6.45) is 4.36. The second-order valence-electron chi connectivity index (χ2n) is 5.13. The van der Waals surface area contributed by atoms with Crippen LogP contribution in [0.5, 0.6) is 0 Å². The minimum atomic E-state index is 0.136. The van der Waals surface area contributed by atoms with E-state index in [9.17, 15) is 0 Å². The van der Waals surface area contributed by atoms with Crippen molar-refractivity contribution in [1.82, 2.24) is 0 Å². The molecule has 2 aromatic carbocycles. The lowest BCUT2D eigenvalue weighted by Gasteiger charge is -2.13. The fourth-order valence-electron chi connectivity index (χ4n) is 2.40. The SMILES string of the molecule is CCCc1cccc(C(N)CCc2ccccc2)c1. The molecule has 0 fully saturated rings. The summed E-state index contributed by atoms with van der Waals surface area (Å²) in [6, 6.07) is 19.4. The lowest BCUT2D eigenvalue weighted by Crippen LogP contribution is -2.11. The highest BCUT2D eigenvalue weighted by atomic mass is 14.6. The van der Waals surface area contributed by atoms with Gasteiger partial charge in [0.2, 0.25) is 0 Å². The zero-order valence-electron chi connectivity index (χ0n) is 11.7. The van der Waals surface area contributed by atoms with Gasteiger partial charge in [0.15, 0.2) is 0 Å². The summed E-state index contributed by atoms with van der Waals surface area (Å²) in [5.74, 6) is 0. The number of nitrogens with two attached hydrogens (primary N) is 1. The van der Waals surface area contributed by atoms with Gasteiger partial charge in [0.25, 0.3) is 0 Å². The van der Waals surface area contributed by atoms with Crippen molar-refractivity contribution in [1.29, 1.82) is 0 Å². The second-order valence-corrected chi connectivity index (χ2v) is 5.13. The predicted octanol–water partition coefficient (Wildman–Crippen LogP) is 4.27. The minimum Gasteiger partial charge on any atom is -0.324 e. The van der Waals surface area contributed by atoms with Gasteiger partial charge < -0.3 is 5.73 Å². The fourth-order valence-corrected chi connectivity index (χ4v) is 2.40. The lowest BCUT2D eigenvalue weighted by atomic mass is 9.97. The lowest BCUT2D eigenvalue weighted by molar-refractivity contribution is 0.650. The first kappa shape index (κ1) is 13.8. The molecule has 1 unspecified atom stereocenters. The van der Waals surface area contributed by atoms with Crippen LogP contribution in [0.4, 0.5) is 0 Å². The summed E-state index contributed by atoms with van der Waals surface area (Å²) >= 11 is 0. The van der Waals surface area contributed by atoms with Crippen LogP contribution in [0.1, 0.15) is 42.5 Å².